The van der Waals surface area contributed by atoms with Gasteiger partial charge in [-0.2, -0.15) is 0 Å². The van der Waals surface area contributed by atoms with Crippen LogP contribution in [0.15, 0.2) is 12.1 Å². The van der Waals surface area contributed by atoms with E-state index in [2.05, 4.69) is 4.98 Å². The van der Waals surface area contributed by atoms with E-state index in [0.717, 1.165) is 0 Å². The predicted octanol–water partition coefficient (Wildman–Crippen LogP) is 3.44. The van der Waals surface area contributed by atoms with Crippen molar-refractivity contribution < 1.29 is 19.1 Å². The Kier molecular flexibility index (Phi) is 4.20. The van der Waals surface area contributed by atoms with E-state index in [1.54, 1.807) is 13.0 Å². The second kappa shape index (κ2) is 5.73. The van der Waals surface area contributed by atoms with Crippen molar-refractivity contribution in [1.29, 1.82) is 0 Å². The van der Waals surface area contributed by atoms with Gasteiger partial charge in [-0.15, -0.1) is 0 Å². The molecule has 1 N–H and O–H groups in total. The molecule has 2 aromatic rings. The summed E-state index contributed by atoms with van der Waals surface area (Å²) >= 11 is 12.0. The third-order valence-electron chi connectivity index (χ3n) is 2.68. The molecule has 0 atom stereocenters. The van der Waals surface area contributed by atoms with Crippen LogP contribution in [0.25, 0.3) is 10.9 Å². The highest BCUT2D eigenvalue weighted by atomic mass is 35.5. The van der Waals surface area contributed by atoms with Gasteiger partial charge in [0.2, 0.25) is 0 Å². The average Bonchev–Trinajstić information content (AvgIpc) is 2.77. The van der Waals surface area contributed by atoms with Crippen LogP contribution in [0.5, 0.6) is 0 Å². The number of fused-ring (bicyclic) bond motifs is 1. The molecule has 0 aliphatic carbocycles. The zero-order valence-electron chi connectivity index (χ0n) is 10.8. The Hall–Kier alpha value is -1.72. The number of benzene rings is 1. The fourth-order valence-corrected chi connectivity index (χ4v) is 2.50. The first-order valence-corrected chi connectivity index (χ1v) is 6.51. The number of esters is 2. The topological polar surface area (TPSA) is 68.4 Å². The molecule has 0 unspecified atom stereocenters. The Morgan fingerprint density at radius 3 is 2.55 bits per heavy atom. The number of aromatic nitrogens is 1. The lowest BCUT2D eigenvalue weighted by Crippen LogP contribution is -2.12. The van der Waals surface area contributed by atoms with Crippen molar-refractivity contribution in [2.45, 2.75) is 6.92 Å². The van der Waals surface area contributed by atoms with Crippen LogP contribution in [0.2, 0.25) is 10.0 Å². The van der Waals surface area contributed by atoms with Crippen LogP contribution < -0.4 is 0 Å². The minimum atomic E-state index is -0.677. The first kappa shape index (κ1) is 14.7. The Labute approximate surface area is 124 Å². The first-order valence-electron chi connectivity index (χ1n) is 5.75. The summed E-state index contributed by atoms with van der Waals surface area (Å²) in [6.07, 6.45) is 0. The van der Waals surface area contributed by atoms with Gasteiger partial charge in [0.1, 0.15) is 11.3 Å². The zero-order chi connectivity index (χ0) is 14.9. The number of aromatic amines is 1. The Bertz CT molecular complexity index is 693. The molecule has 0 fully saturated rings. The number of ether oxygens (including phenoxy) is 2. The number of halogens is 2. The Morgan fingerprint density at radius 2 is 1.95 bits per heavy atom. The minimum absolute atomic E-state index is 0.00198. The van der Waals surface area contributed by atoms with Gasteiger partial charge in [-0.05, 0) is 19.1 Å². The lowest BCUT2D eigenvalue weighted by atomic mass is 10.1. The summed E-state index contributed by atoms with van der Waals surface area (Å²) in [5, 5.41) is 1.02. The normalized spacial score (nSPS) is 10.6. The van der Waals surface area contributed by atoms with Crippen molar-refractivity contribution >= 4 is 46.0 Å². The molecule has 7 heteroatoms. The van der Waals surface area contributed by atoms with Crippen molar-refractivity contribution in [3.05, 3.63) is 33.4 Å². The van der Waals surface area contributed by atoms with E-state index in [9.17, 15) is 9.59 Å². The molecule has 0 aliphatic heterocycles. The monoisotopic (exact) mass is 315 g/mol. The highest BCUT2D eigenvalue weighted by molar-refractivity contribution is 6.40. The van der Waals surface area contributed by atoms with Crippen LogP contribution >= 0.6 is 23.2 Å². The minimum Gasteiger partial charge on any atom is -0.465 e. The number of H-pyrrole nitrogens is 1. The van der Waals surface area contributed by atoms with Crippen molar-refractivity contribution in [3.63, 3.8) is 0 Å². The molecule has 2 rings (SSSR count). The summed E-state index contributed by atoms with van der Waals surface area (Å²) in [7, 11) is 1.22. The third-order valence-corrected chi connectivity index (χ3v) is 3.20. The first-order chi connectivity index (χ1) is 9.49. The highest BCUT2D eigenvalue weighted by Gasteiger charge is 2.26. The number of methoxy groups -OCH3 is 1. The number of carbonyl (C=O) groups is 2. The molecule has 5 nitrogen and oxygen atoms in total. The second-order valence-electron chi connectivity index (χ2n) is 3.90. The summed E-state index contributed by atoms with van der Waals surface area (Å²) in [5.74, 6) is -1.33. The van der Waals surface area contributed by atoms with Crippen LogP contribution in [0.1, 0.15) is 27.8 Å². The van der Waals surface area contributed by atoms with Crippen LogP contribution in [0, 0.1) is 0 Å². The molecule has 0 bridgehead atoms. The number of rotatable bonds is 3. The van der Waals surface area contributed by atoms with Gasteiger partial charge in [0.25, 0.3) is 0 Å². The third kappa shape index (κ3) is 2.46. The lowest BCUT2D eigenvalue weighted by Gasteiger charge is -2.03. The van der Waals surface area contributed by atoms with Crippen molar-refractivity contribution in [2.24, 2.45) is 0 Å². The fraction of sp³-hybridized carbons (Fsp3) is 0.231. The Balaban J connectivity index is 2.77. The van der Waals surface area contributed by atoms with Gasteiger partial charge in [-0.25, -0.2) is 9.59 Å². The number of hydrogen-bond donors (Lipinski definition) is 1. The maximum absolute atomic E-state index is 11.9. The molecule has 106 valence electrons. The van der Waals surface area contributed by atoms with Crippen LogP contribution in [0.4, 0.5) is 0 Å². The van der Waals surface area contributed by atoms with Gasteiger partial charge in [-0.3, -0.25) is 0 Å². The molecule has 0 saturated heterocycles. The summed E-state index contributed by atoms with van der Waals surface area (Å²) < 4.78 is 9.61. The van der Waals surface area contributed by atoms with Crippen LogP contribution in [-0.4, -0.2) is 30.6 Å². The fourth-order valence-electron chi connectivity index (χ4n) is 1.91. The molecule has 0 spiro atoms. The van der Waals surface area contributed by atoms with E-state index in [0.29, 0.717) is 15.9 Å². The van der Waals surface area contributed by atoms with Gasteiger partial charge < -0.3 is 14.5 Å². The molecule has 0 amide bonds. The standard InChI is InChI=1S/C13H11Cl2NO4/c1-3-20-13(18)11-10(12(17)19-2)9-7(15)4-6(14)5-8(9)16-11/h4-5,16H,3H2,1-2H3. The number of nitrogens with one attached hydrogen (secondary N) is 1. The lowest BCUT2D eigenvalue weighted by molar-refractivity contribution is 0.0499. The van der Waals surface area contributed by atoms with Gasteiger partial charge in [0, 0.05) is 15.9 Å². The van der Waals surface area contributed by atoms with E-state index >= 15 is 0 Å². The molecule has 1 aromatic carbocycles. The van der Waals surface area contributed by atoms with E-state index < -0.39 is 11.9 Å². The van der Waals surface area contributed by atoms with E-state index in [4.69, 9.17) is 32.7 Å². The van der Waals surface area contributed by atoms with Crippen molar-refractivity contribution in [1.82, 2.24) is 4.98 Å². The SMILES string of the molecule is CCOC(=O)c1[nH]c2cc(Cl)cc(Cl)c2c1C(=O)OC. The van der Waals surface area contributed by atoms with Crippen molar-refractivity contribution in [3.8, 4) is 0 Å². The molecule has 1 aromatic heterocycles. The van der Waals surface area contributed by atoms with Gasteiger partial charge in [-0.1, -0.05) is 23.2 Å². The molecule has 20 heavy (non-hydrogen) atoms. The molecule has 0 radical (unpaired) electrons. The number of carbonyl (C=O) groups excluding carboxylic acids is 2. The largest absolute Gasteiger partial charge is 0.465 e. The van der Waals surface area contributed by atoms with E-state index in [1.807, 2.05) is 0 Å². The van der Waals surface area contributed by atoms with Crippen molar-refractivity contribution in [2.75, 3.05) is 13.7 Å². The van der Waals surface area contributed by atoms with Gasteiger partial charge >= 0.3 is 11.9 Å². The molecule has 1 heterocycles. The quantitative estimate of drug-likeness (QED) is 0.881. The van der Waals surface area contributed by atoms with E-state index in [1.165, 1.54) is 13.2 Å². The van der Waals surface area contributed by atoms with E-state index in [-0.39, 0.29) is 22.9 Å². The van der Waals surface area contributed by atoms with Crippen LogP contribution in [-0.2, 0) is 9.47 Å². The predicted molar refractivity (Wildman–Crippen MR) is 75.6 cm³/mol. The summed E-state index contributed by atoms with van der Waals surface area (Å²) in [4.78, 5) is 26.6. The van der Waals surface area contributed by atoms with Gasteiger partial charge in [0.15, 0.2) is 0 Å². The molecular formula is C13H11Cl2NO4. The summed E-state index contributed by atoms with van der Waals surface area (Å²) in [6.45, 7) is 1.85. The molecular weight excluding hydrogens is 305 g/mol. The van der Waals surface area contributed by atoms with Crippen LogP contribution in [0.3, 0.4) is 0 Å². The maximum Gasteiger partial charge on any atom is 0.355 e. The van der Waals surface area contributed by atoms with Gasteiger partial charge in [0.05, 0.1) is 18.7 Å². The maximum atomic E-state index is 11.9. The average molecular weight is 316 g/mol. The second-order valence-corrected chi connectivity index (χ2v) is 4.74. The summed E-state index contributed by atoms with van der Waals surface area (Å²) in [6, 6.07) is 3.05. The Morgan fingerprint density at radius 1 is 1.25 bits per heavy atom. The molecule has 0 saturated carbocycles. The summed E-state index contributed by atoms with van der Waals surface area (Å²) in [5.41, 5.74) is 0.506. The zero-order valence-corrected chi connectivity index (χ0v) is 12.3. The highest BCUT2D eigenvalue weighted by Crippen LogP contribution is 2.33. The molecule has 0 aliphatic rings. The number of hydrogen-bond acceptors (Lipinski definition) is 4. The smallest absolute Gasteiger partial charge is 0.355 e.